The Morgan fingerprint density at radius 1 is 1.25 bits per heavy atom. The molecule has 2 heterocycles. The van der Waals surface area contributed by atoms with Crippen LogP contribution in [0.3, 0.4) is 0 Å². The molecule has 0 aliphatic heterocycles. The van der Waals surface area contributed by atoms with Crippen molar-refractivity contribution >= 4 is 20.9 Å². The Morgan fingerprint density at radius 2 is 2.04 bits per heavy atom. The number of fused-ring (bicyclic) bond motifs is 1. The number of benzene rings is 1. The number of hydrogen-bond acceptors (Lipinski definition) is 3. The quantitative estimate of drug-likeness (QED) is 0.747. The zero-order valence-corrected chi connectivity index (χ0v) is 14.9. The van der Waals surface area contributed by atoms with Gasteiger partial charge in [-0.15, -0.1) is 0 Å². The van der Waals surface area contributed by atoms with Crippen LogP contribution in [0.5, 0.6) is 0 Å². The average Bonchev–Trinajstić information content (AvgIpc) is 2.90. The third-order valence-corrected chi connectivity index (χ3v) is 5.63. The molecule has 1 aromatic carbocycles. The fourth-order valence-electron chi connectivity index (χ4n) is 2.97. The van der Waals surface area contributed by atoms with Crippen molar-refractivity contribution in [2.45, 2.75) is 38.6 Å². The average molecular weight is 343 g/mol. The molecular weight excluding hydrogens is 322 g/mol. The second-order valence-electron chi connectivity index (χ2n) is 5.94. The lowest BCUT2D eigenvalue weighted by Crippen LogP contribution is -2.23. The number of rotatable bonds is 5. The van der Waals surface area contributed by atoms with Gasteiger partial charge < -0.3 is 4.98 Å². The van der Waals surface area contributed by atoms with Crippen LogP contribution in [0.4, 0.5) is 0 Å². The molecule has 0 saturated carbocycles. The topological polar surface area (TPSA) is 74.8 Å². The van der Waals surface area contributed by atoms with Crippen LogP contribution in [-0.2, 0) is 23.0 Å². The summed E-state index contributed by atoms with van der Waals surface area (Å²) in [6.07, 6.45) is 3.82. The molecule has 24 heavy (non-hydrogen) atoms. The van der Waals surface area contributed by atoms with Crippen molar-refractivity contribution in [3.8, 4) is 0 Å². The van der Waals surface area contributed by atoms with Crippen LogP contribution in [-0.4, -0.2) is 18.4 Å². The first kappa shape index (κ1) is 16.7. The molecule has 0 saturated heterocycles. The lowest BCUT2D eigenvalue weighted by Gasteiger charge is -2.09. The van der Waals surface area contributed by atoms with Gasteiger partial charge in [-0.25, -0.2) is 13.1 Å². The number of aryl methyl sites for hydroxylation is 3. The summed E-state index contributed by atoms with van der Waals surface area (Å²) in [4.78, 5) is 7.48. The number of sulfonamides is 1. The maximum absolute atomic E-state index is 12.4. The van der Waals surface area contributed by atoms with Crippen molar-refractivity contribution in [2.24, 2.45) is 0 Å². The van der Waals surface area contributed by atoms with Gasteiger partial charge in [0.25, 0.3) is 0 Å². The van der Waals surface area contributed by atoms with E-state index in [2.05, 4.69) is 34.6 Å². The maximum Gasteiger partial charge on any atom is 0.242 e. The number of nitrogens with one attached hydrogen (secondary N) is 2. The minimum atomic E-state index is -3.58. The van der Waals surface area contributed by atoms with Crippen molar-refractivity contribution < 1.29 is 8.42 Å². The molecule has 0 atom stereocenters. The smallest absolute Gasteiger partial charge is 0.242 e. The fraction of sp³-hybridized carbons (Fsp3) is 0.278. The molecule has 5 nitrogen and oxygen atoms in total. The normalized spacial score (nSPS) is 12.0. The summed E-state index contributed by atoms with van der Waals surface area (Å²) < 4.78 is 27.5. The van der Waals surface area contributed by atoms with E-state index in [1.54, 1.807) is 12.3 Å². The van der Waals surface area contributed by atoms with E-state index in [0.29, 0.717) is 0 Å². The SMILES string of the molecule is CCc1[nH]c2c(CNS(=O)(=O)c3cccnc3)cc(C)cc2c1C. The van der Waals surface area contributed by atoms with Crippen LogP contribution in [0.1, 0.15) is 29.3 Å². The highest BCUT2D eigenvalue weighted by molar-refractivity contribution is 7.89. The van der Waals surface area contributed by atoms with E-state index >= 15 is 0 Å². The van der Waals surface area contributed by atoms with Crippen LogP contribution in [0.15, 0.2) is 41.6 Å². The van der Waals surface area contributed by atoms with Crippen LogP contribution in [0, 0.1) is 13.8 Å². The number of nitrogens with zero attached hydrogens (tertiary/aromatic N) is 1. The Hall–Kier alpha value is -2.18. The lowest BCUT2D eigenvalue weighted by atomic mass is 10.0. The molecular formula is C18H21N3O2S. The maximum atomic E-state index is 12.4. The predicted molar refractivity (Wildman–Crippen MR) is 95.4 cm³/mol. The van der Waals surface area contributed by atoms with E-state index in [4.69, 9.17) is 0 Å². The monoisotopic (exact) mass is 343 g/mol. The summed E-state index contributed by atoms with van der Waals surface area (Å²) >= 11 is 0. The number of H-pyrrole nitrogens is 1. The number of aromatic nitrogens is 2. The number of pyridine rings is 1. The molecule has 0 amide bonds. The highest BCUT2D eigenvalue weighted by Crippen LogP contribution is 2.27. The van der Waals surface area contributed by atoms with Crippen LogP contribution >= 0.6 is 0 Å². The Labute approximate surface area is 142 Å². The molecule has 2 aromatic heterocycles. The molecule has 0 unspecified atom stereocenters. The van der Waals surface area contributed by atoms with E-state index in [1.807, 2.05) is 13.0 Å². The van der Waals surface area contributed by atoms with Crippen molar-refractivity contribution in [1.82, 2.24) is 14.7 Å². The summed E-state index contributed by atoms with van der Waals surface area (Å²) in [6.45, 7) is 6.46. The van der Waals surface area contributed by atoms with Crippen molar-refractivity contribution in [2.75, 3.05) is 0 Å². The molecule has 126 valence electrons. The van der Waals surface area contributed by atoms with E-state index < -0.39 is 10.0 Å². The van der Waals surface area contributed by atoms with Crippen LogP contribution in [0.2, 0.25) is 0 Å². The third-order valence-electron chi connectivity index (χ3n) is 4.25. The Balaban J connectivity index is 1.96. The van der Waals surface area contributed by atoms with Crippen LogP contribution < -0.4 is 4.72 Å². The highest BCUT2D eigenvalue weighted by atomic mass is 32.2. The Bertz CT molecular complexity index is 976. The van der Waals surface area contributed by atoms with Gasteiger partial charge in [-0.2, -0.15) is 0 Å². The molecule has 0 radical (unpaired) electrons. The molecule has 2 N–H and O–H groups in total. The highest BCUT2D eigenvalue weighted by Gasteiger charge is 2.16. The van der Waals surface area contributed by atoms with E-state index in [9.17, 15) is 8.42 Å². The first-order chi connectivity index (χ1) is 11.4. The second kappa shape index (κ2) is 6.37. The first-order valence-corrected chi connectivity index (χ1v) is 9.41. The van der Waals surface area contributed by atoms with Crippen molar-refractivity contribution in [3.63, 3.8) is 0 Å². The predicted octanol–water partition coefficient (Wildman–Crippen LogP) is 3.22. The van der Waals surface area contributed by atoms with Gasteiger partial charge >= 0.3 is 0 Å². The molecule has 3 aromatic rings. The van der Waals surface area contributed by atoms with Gasteiger partial charge in [0.15, 0.2) is 0 Å². The van der Waals surface area contributed by atoms with E-state index in [-0.39, 0.29) is 11.4 Å². The standard InChI is InChI=1S/C18H21N3O2S/c1-4-17-13(3)16-9-12(2)8-14(18(16)21-17)10-20-24(22,23)15-6-5-7-19-11-15/h5-9,11,20-21H,4,10H2,1-3H3. The number of aromatic amines is 1. The van der Waals surface area contributed by atoms with Crippen molar-refractivity contribution in [1.29, 1.82) is 0 Å². The molecule has 0 aliphatic rings. The molecule has 3 rings (SSSR count). The van der Waals surface area contributed by atoms with Gasteiger partial charge in [-0.05, 0) is 49.6 Å². The summed E-state index contributed by atoms with van der Waals surface area (Å²) in [7, 11) is -3.58. The largest absolute Gasteiger partial charge is 0.358 e. The van der Waals surface area contributed by atoms with Gasteiger partial charge in [0.2, 0.25) is 10.0 Å². The summed E-state index contributed by atoms with van der Waals surface area (Å²) in [6, 6.07) is 7.30. The van der Waals surface area contributed by atoms with E-state index in [0.717, 1.165) is 28.5 Å². The van der Waals surface area contributed by atoms with Gasteiger partial charge in [0.05, 0.1) is 5.52 Å². The minimum absolute atomic E-state index is 0.172. The molecule has 0 bridgehead atoms. The molecule has 0 fully saturated rings. The van der Waals surface area contributed by atoms with E-state index in [1.165, 1.54) is 23.5 Å². The van der Waals surface area contributed by atoms with Gasteiger partial charge in [-0.1, -0.05) is 18.6 Å². The van der Waals surface area contributed by atoms with Gasteiger partial charge in [-0.3, -0.25) is 4.98 Å². The zero-order chi connectivity index (χ0) is 17.3. The lowest BCUT2D eigenvalue weighted by molar-refractivity contribution is 0.581. The van der Waals surface area contributed by atoms with Gasteiger partial charge in [0.1, 0.15) is 4.90 Å². The summed E-state index contributed by atoms with van der Waals surface area (Å²) in [5.74, 6) is 0. The summed E-state index contributed by atoms with van der Waals surface area (Å²) in [5.41, 5.74) is 5.48. The van der Waals surface area contributed by atoms with Gasteiger partial charge in [0, 0.05) is 30.0 Å². The Morgan fingerprint density at radius 3 is 2.71 bits per heavy atom. The van der Waals surface area contributed by atoms with Crippen molar-refractivity contribution in [3.05, 3.63) is 59.0 Å². The molecule has 0 aliphatic carbocycles. The number of hydrogen-bond donors (Lipinski definition) is 2. The Kier molecular flexibility index (Phi) is 4.43. The first-order valence-electron chi connectivity index (χ1n) is 7.92. The fourth-order valence-corrected chi connectivity index (χ4v) is 3.94. The minimum Gasteiger partial charge on any atom is -0.358 e. The molecule has 6 heteroatoms. The summed E-state index contributed by atoms with van der Waals surface area (Å²) in [5, 5.41) is 1.16. The third kappa shape index (κ3) is 3.07. The second-order valence-corrected chi connectivity index (χ2v) is 7.71. The van der Waals surface area contributed by atoms with Crippen LogP contribution in [0.25, 0.3) is 10.9 Å². The zero-order valence-electron chi connectivity index (χ0n) is 14.1. The molecule has 0 spiro atoms.